The number of hydrogen-bond donors (Lipinski definition) is 2. The second-order valence-corrected chi connectivity index (χ2v) is 5.99. The van der Waals surface area contributed by atoms with Crippen molar-refractivity contribution in [2.75, 3.05) is 6.54 Å². The lowest BCUT2D eigenvalue weighted by Gasteiger charge is -2.33. The molecule has 0 heterocycles. The molecule has 2 aliphatic carbocycles. The van der Waals surface area contributed by atoms with Gasteiger partial charge < -0.3 is 10.4 Å². The van der Waals surface area contributed by atoms with E-state index in [1.165, 1.54) is 0 Å². The zero-order valence-electron chi connectivity index (χ0n) is 11.1. The quantitative estimate of drug-likeness (QED) is 0.789. The lowest BCUT2D eigenvalue weighted by molar-refractivity contribution is -0.151. The number of carbonyl (C=O) groups excluding carboxylic acids is 1. The van der Waals surface area contributed by atoms with Crippen molar-refractivity contribution >= 4 is 11.9 Å². The van der Waals surface area contributed by atoms with E-state index in [9.17, 15) is 14.7 Å². The van der Waals surface area contributed by atoms with E-state index in [2.05, 4.69) is 5.32 Å². The van der Waals surface area contributed by atoms with E-state index in [1.54, 1.807) is 0 Å². The molecule has 4 nitrogen and oxygen atoms in total. The third kappa shape index (κ3) is 2.85. The van der Waals surface area contributed by atoms with Gasteiger partial charge in [-0.3, -0.25) is 9.59 Å². The highest BCUT2D eigenvalue weighted by molar-refractivity contribution is 5.81. The molecule has 0 aromatic carbocycles. The van der Waals surface area contributed by atoms with Crippen LogP contribution in [-0.4, -0.2) is 23.5 Å². The molecule has 2 aliphatic rings. The van der Waals surface area contributed by atoms with Crippen LogP contribution in [0.5, 0.6) is 0 Å². The molecule has 1 amide bonds. The van der Waals surface area contributed by atoms with E-state index >= 15 is 0 Å². The predicted molar refractivity (Wildman–Crippen MR) is 68.1 cm³/mol. The number of hydrogen-bond acceptors (Lipinski definition) is 2. The Labute approximate surface area is 108 Å². The van der Waals surface area contributed by atoms with E-state index < -0.39 is 11.4 Å². The molecular formula is C14H23NO3. The van der Waals surface area contributed by atoms with Crippen LogP contribution >= 0.6 is 0 Å². The maximum atomic E-state index is 11.9. The average Bonchev–Trinajstić information content (AvgIpc) is 3.20. The molecule has 18 heavy (non-hydrogen) atoms. The Morgan fingerprint density at radius 3 is 2.39 bits per heavy atom. The van der Waals surface area contributed by atoms with Crippen molar-refractivity contribution < 1.29 is 14.7 Å². The van der Waals surface area contributed by atoms with Crippen LogP contribution < -0.4 is 5.32 Å². The van der Waals surface area contributed by atoms with Crippen LogP contribution in [0.25, 0.3) is 0 Å². The van der Waals surface area contributed by atoms with Crippen molar-refractivity contribution in [1.29, 1.82) is 0 Å². The maximum absolute atomic E-state index is 11.9. The van der Waals surface area contributed by atoms with Gasteiger partial charge in [-0.2, -0.15) is 0 Å². The number of nitrogens with one attached hydrogen (secondary N) is 1. The van der Waals surface area contributed by atoms with Gasteiger partial charge in [0.2, 0.25) is 5.91 Å². The smallest absolute Gasteiger partial charge is 0.311 e. The summed E-state index contributed by atoms with van der Waals surface area (Å²) in [5, 5.41) is 12.3. The molecule has 2 fully saturated rings. The maximum Gasteiger partial charge on any atom is 0.311 e. The van der Waals surface area contributed by atoms with Crippen LogP contribution in [0, 0.1) is 17.3 Å². The average molecular weight is 253 g/mol. The van der Waals surface area contributed by atoms with Gasteiger partial charge in [-0.25, -0.2) is 0 Å². The SMILES string of the molecule is CC(C(=O)NCC1(C(=O)O)CCCCC1)C1CC1. The molecule has 1 atom stereocenters. The Morgan fingerprint density at radius 1 is 1.28 bits per heavy atom. The second-order valence-electron chi connectivity index (χ2n) is 5.99. The van der Waals surface area contributed by atoms with Crippen LogP contribution in [0.1, 0.15) is 51.9 Å². The standard InChI is InChI=1S/C14H23NO3/c1-10(11-5-6-11)12(16)15-9-14(13(17)18)7-3-2-4-8-14/h10-11H,2-9H2,1H3,(H,15,16)(H,17,18). The summed E-state index contributed by atoms with van der Waals surface area (Å²) in [6.07, 6.45) is 6.69. The minimum Gasteiger partial charge on any atom is -0.481 e. The van der Waals surface area contributed by atoms with E-state index in [0.29, 0.717) is 25.3 Å². The molecular weight excluding hydrogens is 230 g/mol. The summed E-state index contributed by atoms with van der Waals surface area (Å²) in [5.41, 5.74) is -0.711. The molecule has 0 aromatic heterocycles. The summed E-state index contributed by atoms with van der Waals surface area (Å²) in [5.74, 6) is -0.151. The van der Waals surface area contributed by atoms with Crippen LogP contribution in [0.4, 0.5) is 0 Å². The number of carboxylic acids is 1. The van der Waals surface area contributed by atoms with E-state index in [1.807, 2.05) is 6.92 Å². The summed E-state index contributed by atoms with van der Waals surface area (Å²) < 4.78 is 0. The highest BCUT2D eigenvalue weighted by Gasteiger charge is 2.40. The van der Waals surface area contributed by atoms with Crippen molar-refractivity contribution in [1.82, 2.24) is 5.32 Å². The van der Waals surface area contributed by atoms with Crippen molar-refractivity contribution in [2.45, 2.75) is 51.9 Å². The summed E-state index contributed by atoms with van der Waals surface area (Å²) in [7, 11) is 0. The topological polar surface area (TPSA) is 66.4 Å². The summed E-state index contributed by atoms with van der Waals surface area (Å²) in [4.78, 5) is 23.4. The first-order valence-corrected chi connectivity index (χ1v) is 7.06. The number of carboxylic acid groups (broad SMARTS) is 1. The molecule has 2 N–H and O–H groups in total. The first-order valence-electron chi connectivity index (χ1n) is 7.06. The van der Waals surface area contributed by atoms with Gasteiger partial charge in [0, 0.05) is 12.5 Å². The fourth-order valence-electron chi connectivity index (χ4n) is 2.92. The molecule has 102 valence electrons. The van der Waals surface area contributed by atoms with Crippen molar-refractivity contribution in [2.24, 2.45) is 17.3 Å². The lowest BCUT2D eigenvalue weighted by Crippen LogP contribution is -2.45. The number of amides is 1. The highest BCUT2D eigenvalue weighted by atomic mass is 16.4. The van der Waals surface area contributed by atoms with Gasteiger partial charge in [-0.1, -0.05) is 26.2 Å². The zero-order chi connectivity index (χ0) is 13.2. The van der Waals surface area contributed by atoms with Gasteiger partial charge in [0.25, 0.3) is 0 Å². The number of carbonyl (C=O) groups is 2. The van der Waals surface area contributed by atoms with Gasteiger partial charge in [0.1, 0.15) is 0 Å². The first kappa shape index (κ1) is 13.4. The fourth-order valence-corrected chi connectivity index (χ4v) is 2.92. The molecule has 0 bridgehead atoms. The summed E-state index contributed by atoms with van der Waals surface area (Å²) >= 11 is 0. The minimum absolute atomic E-state index is 0.0312. The summed E-state index contributed by atoms with van der Waals surface area (Å²) in [6.45, 7) is 2.25. The monoisotopic (exact) mass is 253 g/mol. The fraction of sp³-hybridized carbons (Fsp3) is 0.857. The highest BCUT2D eigenvalue weighted by Crippen LogP contribution is 2.38. The molecule has 4 heteroatoms. The Balaban J connectivity index is 1.89. The van der Waals surface area contributed by atoms with Gasteiger partial charge in [0.15, 0.2) is 0 Å². The molecule has 1 unspecified atom stereocenters. The Hall–Kier alpha value is -1.06. The van der Waals surface area contributed by atoms with Crippen LogP contribution in [0.15, 0.2) is 0 Å². The minimum atomic E-state index is -0.749. The van der Waals surface area contributed by atoms with Crippen LogP contribution in [0.3, 0.4) is 0 Å². The van der Waals surface area contributed by atoms with Crippen molar-refractivity contribution in [3.8, 4) is 0 Å². The molecule has 0 spiro atoms. The predicted octanol–water partition coefficient (Wildman–Crippen LogP) is 2.18. The lowest BCUT2D eigenvalue weighted by atomic mass is 9.74. The van der Waals surface area contributed by atoms with Crippen LogP contribution in [-0.2, 0) is 9.59 Å². The van der Waals surface area contributed by atoms with Gasteiger partial charge in [0.05, 0.1) is 5.41 Å². The Morgan fingerprint density at radius 2 is 1.89 bits per heavy atom. The van der Waals surface area contributed by atoms with E-state index in [4.69, 9.17) is 0 Å². The number of aliphatic carboxylic acids is 1. The van der Waals surface area contributed by atoms with Crippen LogP contribution in [0.2, 0.25) is 0 Å². The van der Waals surface area contributed by atoms with E-state index in [0.717, 1.165) is 32.1 Å². The van der Waals surface area contributed by atoms with Crippen molar-refractivity contribution in [3.05, 3.63) is 0 Å². The second kappa shape index (κ2) is 5.29. The van der Waals surface area contributed by atoms with Gasteiger partial charge in [-0.15, -0.1) is 0 Å². The van der Waals surface area contributed by atoms with Gasteiger partial charge >= 0.3 is 5.97 Å². The van der Waals surface area contributed by atoms with Crippen molar-refractivity contribution in [3.63, 3.8) is 0 Å². The normalized spacial score (nSPS) is 24.3. The third-order valence-electron chi connectivity index (χ3n) is 4.61. The third-order valence-corrected chi connectivity index (χ3v) is 4.61. The molecule has 0 aliphatic heterocycles. The Bertz CT molecular complexity index is 330. The molecule has 0 radical (unpaired) electrons. The molecule has 2 saturated carbocycles. The first-order chi connectivity index (χ1) is 8.55. The molecule has 2 rings (SSSR count). The number of rotatable bonds is 5. The zero-order valence-corrected chi connectivity index (χ0v) is 11.1. The Kier molecular flexibility index (Phi) is 3.93. The van der Waals surface area contributed by atoms with Gasteiger partial charge in [-0.05, 0) is 31.6 Å². The summed E-state index contributed by atoms with van der Waals surface area (Å²) in [6, 6.07) is 0. The molecule has 0 aromatic rings. The van der Waals surface area contributed by atoms with E-state index in [-0.39, 0.29) is 11.8 Å². The molecule has 0 saturated heterocycles. The largest absolute Gasteiger partial charge is 0.481 e.